The van der Waals surface area contributed by atoms with Crippen molar-refractivity contribution in [2.24, 2.45) is 0 Å². The minimum absolute atomic E-state index is 0.360. The quantitative estimate of drug-likeness (QED) is 0.701. The third-order valence-electron chi connectivity index (χ3n) is 3.70. The second-order valence-corrected chi connectivity index (χ2v) is 6.80. The molecule has 3 nitrogen and oxygen atoms in total. The SMILES string of the molecule is Cc1nc(OC(C)(C)C)c2ccccc2c1-c1ccc(O)c(F)c1. The first-order valence-corrected chi connectivity index (χ1v) is 7.83. The Morgan fingerprint density at radius 1 is 1.04 bits per heavy atom. The molecule has 2 aromatic carbocycles. The van der Waals surface area contributed by atoms with Gasteiger partial charge >= 0.3 is 0 Å². The first-order valence-electron chi connectivity index (χ1n) is 7.83. The Bertz CT molecular complexity index is 913. The predicted molar refractivity (Wildman–Crippen MR) is 93.9 cm³/mol. The molecule has 0 atom stereocenters. The number of hydrogen-bond donors (Lipinski definition) is 1. The number of aromatic hydroxyl groups is 1. The van der Waals surface area contributed by atoms with Gasteiger partial charge in [0.1, 0.15) is 5.60 Å². The molecule has 124 valence electrons. The molecule has 1 aromatic heterocycles. The number of rotatable bonds is 2. The van der Waals surface area contributed by atoms with Crippen LogP contribution in [0.15, 0.2) is 42.5 Å². The van der Waals surface area contributed by atoms with Gasteiger partial charge in [-0.3, -0.25) is 0 Å². The number of phenolic OH excluding ortho intramolecular Hbond substituents is 1. The van der Waals surface area contributed by atoms with Crippen LogP contribution in [-0.2, 0) is 0 Å². The summed E-state index contributed by atoms with van der Waals surface area (Å²) in [5, 5.41) is 11.2. The number of pyridine rings is 1. The van der Waals surface area contributed by atoms with Crippen LogP contribution in [0, 0.1) is 12.7 Å². The summed E-state index contributed by atoms with van der Waals surface area (Å²) in [6.07, 6.45) is 0. The average molecular weight is 325 g/mol. The molecule has 0 aliphatic heterocycles. The first-order chi connectivity index (χ1) is 11.3. The standard InChI is InChI=1S/C20H20FNO2/c1-12-18(13-9-10-17(23)16(21)11-13)14-7-5-6-8-15(14)19(22-12)24-20(2,3)4/h5-11,23H,1-4H3. The maximum atomic E-state index is 13.8. The average Bonchev–Trinajstić information content (AvgIpc) is 2.49. The largest absolute Gasteiger partial charge is 0.505 e. The molecule has 0 bridgehead atoms. The fraction of sp³-hybridized carbons (Fsp3) is 0.250. The zero-order valence-corrected chi connectivity index (χ0v) is 14.2. The third-order valence-corrected chi connectivity index (χ3v) is 3.70. The minimum Gasteiger partial charge on any atom is -0.505 e. The topological polar surface area (TPSA) is 42.4 Å². The maximum Gasteiger partial charge on any atom is 0.222 e. The molecule has 0 radical (unpaired) electrons. The lowest BCUT2D eigenvalue weighted by atomic mass is 9.97. The summed E-state index contributed by atoms with van der Waals surface area (Å²) in [4.78, 5) is 4.61. The summed E-state index contributed by atoms with van der Waals surface area (Å²) >= 11 is 0. The van der Waals surface area contributed by atoms with Crippen LogP contribution in [0.2, 0.25) is 0 Å². The lowest BCUT2D eigenvalue weighted by Gasteiger charge is -2.23. The molecule has 0 amide bonds. The Hall–Kier alpha value is -2.62. The van der Waals surface area contributed by atoms with E-state index in [-0.39, 0.29) is 11.4 Å². The number of fused-ring (bicyclic) bond motifs is 1. The zero-order chi connectivity index (χ0) is 17.5. The van der Waals surface area contributed by atoms with Crippen LogP contribution < -0.4 is 4.74 Å². The van der Waals surface area contributed by atoms with Crippen molar-refractivity contribution in [3.8, 4) is 22.8 Å². The molecule has 0 saturated carbocycles. The van der Waals surface area contributed by atoms with Crippen molar-refractivity contribution < 1.29 is 14.2 Å². The Morgan fingerprint density at radius 3 is 2.33 bits per heavy atom. The molecular weight excluding hydrogens is 305 g/mol. The van der Waals surface area contributed by atoms with Crippen molar-refractivity contribution >= 4 is 10.8 Å². The molecule has 0 saturated heterocycles. The highest BCUT2D eigenvalue weighted by atomic mass is 19.1. The Kier molecular flexibility index (Phi) is 3.91. The molecule has 24 heavy (non-hydrogen) atoms. The van der Waals surface area contributed by atoms with Gasteiger partial charge < -0.3 is 9.84 Å². The van der Waals surface area contributed by atoms with Crippen LogP contribution in [-0.4, -0.2) is 15.7 Å². The minimum atomic E-state index is -0.647. The number of hydrogen-bond acceptors (Lipinski definition) is 3. The summed E-state index contributed by atoms with van der Waals surface area (Å²) < 4.78 is 19.8. The molecule has 1 N–H and O–H groups in total. The van der Waals surface area contributed by atoms with Gasteiger partial charge in [0.2, 0.25) is 5.88 Å². The summed E-state index contributed by atoms with van der Waals surface area (Å²) in [7, 11) is 0. The second-order valence-electron chi connectivity index (χ2n) is 6.80. The number of phenols is 1. The molecule has 1 heterocycles. The van der Waals surface area contributed by atoms with Crippen LogP contribution in [0.5, 0.6) is 11.6 Å². The molecular formula is C20H20FNO2. The van der Waals surface area contributed by atoms with Gasteiger partial charge in [0.25, 0.3) is 0 Å². The highest BCUT2D eigenvalue weighted by molar-refractivity contribution is 6.00. The van der Waals surface area contributed by atoms with Crippen LogP contribution >= 0.6 is 0 Å². The number of aromatic nitrogens is 1. The van der Waals surface area contributed by atoms with Gasteiger partial charge in [-0.05, 0) is 56.8 Å². The predicted octanol–water partition coefficient (Wildman–Crippen LogP) is 5.23. The Balaban J connectivity index is 2.28. The molecule has 4 heteroatoms. The van der Waals surface area contributed by atoms with Gasteiger partial charge in [-0.1, -0.05) is 24.3 Å². The van der Waals surface area contributed by atoms with E-state index in [1.807, 2.05) is 52.0 Å². The molecule has 3 aromatic rings. The van der Waals surface area contributed by atoms with Crippen LogP contribution in [0.4, 0.5) is 4.39 Å². The molecule has 3 rings (SSSR count). The zero-order valence-electron chi connectivity index (χ0n) is 14.2. The van der Waals surface area contributed by atoms with Crippen molar-refractivity contribution in [1.29, 1.82) is 0 Å². The number of nitrogens with zero attached hydrogens (tertiary/aromatic N) is 1. The third kappa shape index (κ3) is 3.04. The van der Waals surface area contributed by atoms with Crippen molar-refractivity contribution in [2.75, 3.05) is 0 Å². The molecule has 0 spiro atoms. The lowest BCUT2D eigenvalue weighted by molar-refractivity contribution is 0.126. The van der Waals surface area contributed by atoms with E-state index in [1.165, 1.54) is 12.1 Å². The molecule has 0 aliphatic rings. The summed E-state index contributed by atoms with van der Waals surface area (Å²) in [5.74, 6) is -0.439. The summed E-state index contributed by atoms with van der Waals surface area (Å²) in [6, 6.07) is 12.2. The van der Waals surface area contributed by atoms with Crippen molar-refractivity contribution in [2.45, 2.75) is 33.3 Å². The van der Waals surface area contributed by atoms with Crippen LogP contribution in [0.25, 0.3) is 21.9 Å². The van der Waals surface area contributed by atoms with Gasteiger partial charge in [0.05, 0.1) is 0 Å². The van der Waals surface area contributed by atoms with E-state index in [1.54, 1.807) is 6.07 Å². The number of benzene rings is 2. The Labute approximate surface area is 140 Å². The molecule has 0 aliphatic carbocycles. The van der Waals surface area contributed by atoms with Gasteiger partial charge in [0.15, 0.2) is 11.6 Å². The highest BCUT2D eigenvalue weighted by Crippen LogP contribution is 2.37. The van der Waals surface area contributed by atoms with E-state index >= 15 is 0 Å². The van der Waals surface area contributed by atoms with E-state index in [2.05, 4.69) is 4.98 Å². The van der Waals surface area contributed by atoms with Crippen molar-refractivity contribution in [1.82, 2.24) is 4.98 Å². The van der Waals surface area contributed by atoms with Gasteiger partial charge in [-0.15, -0.1) is 0 Å². The van der Waals surface area contributed by atoms with E-state index in [4.69, 9.17) is 4.74 Å². The van der Waals surface area contributed by atoms with Crippen molar-refractivity contribution in [3.63, 3.8) is 0 Å². The highest BCUT2D eigenvalue weighted by Gasteiger charge is 2.19. The number of halogens is 1. The van der Waals surface area contributed by atoms with E-state index in [0.717, 1.165) is 22.0 Å². The van der Waals surface area contributed by atoms with Gasteiger partial charge in [0, 0.05) is 16.6 Å². The monoisotopic (exact) mass is 325 g/mol. The smallest absolute Gasteiger partial charge is 0.222 e. The summed E-state index contributed by atoms with van der Waals surface area (Å²) in [6.45, 7) is 7.80. The van der Waals surface area contributed by atoms with Crippen molar-refractivity contribution in [3.05, 3.63) is 54.0 Å². The Morgan fingerprint density at radius 2 is 1.71 bits per heavy atom. The first kappa shape index (κ1) is 16.2. The van der Waals surface area contributed by atoms with Crippen LogP contribution in [0.1, 0.15) is 26.5 Å². The molecule has 0 unspecified atom stereocenters. The van der Waals surface area contributed by atoms with E-state index < -0.39 is 5.82 Å². The normalized spacial score (nSPS) is 11.7. The number of ether oxygens (including phenoxy) is 1. The van der Waals surface area contributed by atoms with E-state index in [0.29, 0.717) is 11.4 Å². The maximum absolute atomic E-state index is 13.8. The van der Waals surface area contributed by atoms with Gasteiger partial charge in [-0.2, -0.15) is 0 Å². The lowest BCUT2D eigenvalue weighted by Crippen LogP contribution is -2.23. The number of aryl methyl sites for hydroxylation is 1. The van der Waals surface area contributed by atoms with Crippen LogP contribution in [0.3, 0.4) is 0 Å². The summed E-state index contributed by atoms with van der Waals surface area (Å²) in [5.41, 5.74) is 1.89. The second kappa shape index (κ2) is 5.78. The fourth-order valence-corrected chi connectivity index (χ4v) is 2.75. The molecule has 0 fully saturated rings. The van der Waals surface area contributed by atoms with Gasteiger partial charge in [-0.25, -0.2) is 9.37 Å². The van der Waals surface area contributed by atoms with E-state index in [9.17, 15) is 9.50 Å². The fourth-order valence-electron chi connectivity index (χ4n) is 2.75.